The van der Waals surface area contributed by atoms with Crippen LogP contribution >= 0.6 is 0 Å². The lowest BCUT2D eigenvalue weighted by Crippen LogP contribution is -2.77. The zero-order valence-electron chi connectivity index (χ0n) is 10.7. The molecular formula is C13H20NO4+. The molecule has 2 atom stereocenters. The molecule has 3 aliphatic heterocycles. The number of aliphatic hydroxyl groups is 2. The van der Waals surface area contributed by atoms with E-state index < -0.39 is 17.2 Å². The lowest BCUT2D eigenvalue weighted by molar-refractivity contribution is -1.11. The van der Waals surface area contributed by atoms with Gasteiger partial charge in [-0.05, 0) is 19.8 Å². The number of hydrogen-bond donors (Lipinski definition) is 2. The number of hydroxylamine groups is 3. The third-order valence-electron chi connectivity index (χ3n) is 4.38. The molecule has 2 unspecified atom stereocenters. The minimum absolute atomic E-state index is 0.0589. The van der Waals surface area contributed by atoms with Crippen molar-refractivity contribution in [2.45, 2.75) is 37.4 Å². The summed E-state index contributed by atoms with van der Waals surface area (Å²) in [7, 11) is 0. The number of carbonyl (C=O) groups is 1. The number of quaternary nitrogens is 1. The van der Waals surface area contributed by atoms with Crippen molar-refractivity contribution in [1.29, 1.82) is 0 Å². The number of rotatable bonds is 2. The first-order valence-corrected chi connectivity index (χ1v) is 6.44. The molecule has 4 fully saturated rings. The minimum Gasteiger partial charge on any atom is -0.384 e. The van der Waals surface area contributed by atoms with Crippen LogP contribution in [-0.2, 0) is 9.63 Å². The van der Waals surface area contributed by atoms with Gasteiger partial charge in [0.2, 0.25) is 0 Å². The predicted molar refractivity (Wildman–Crippen MR) is 63.0 cm³/mol. The molecule has 4 bridgehead atoms. The van der Waals surface area contributed by atoms with Crippen molar-refractivity contribution >= 4 is 5.97 Å². The molecule has 1 saturated carbocycles. The summed E-state index contributed by atoms with van der Waals surface area (Å²) >= 11 is 0. The first kappa shape index (κ1) is 12.1. The monoisotopic (exact) mass is 254 g/mol. The first-order chi connectivity index (χ1) is 8.23. The van der Waals surface area contributed by atoms with Gasteiger partial charge in [-0.3, -0.25) is 4.84 Å². The van der Waals surface area contributed by atoms with Crippen LogP contribution in [0.3, 0.4) is 0 Å². The highest BCUT2D eigenvalue weighted by Crippen LogP contribution is 2.51. The molecule has 0 aromatic heterocycles. The molecule has 0 amide bonds. The Kier molecular flexibility index (Phi) is 2.26. The summed E-state index contributed by atoms with van der Waals surface area (Å²) in [5.74, 6) is -0.210. The molecule has 3 saturated heterocycles. The van der Waals surface area contributed by atoms with Crippen LogP contribution in [0.2, 0.25) is 0 Å². The van der Waals surface area contributed by atoms with Crippen LogP contribution in [0.15, 0.2) is 12.2 Å². The molecule has 0 aromatic rings. The molecule has 0 radical (unpaired) electrons. The predicted octanol–water partition coefficient (Wildman–Crippen LogP) is 0.127. The van der Waals surface area contributed by atoms with Crippen molar-refractivity contribution in [3.05, 3.63) is 12.2 Å². The maximum atomic E-state index is 11.7. The molecule has 3 heterocycles. The Morgan fingerprint density at radius 1 is 1.33 bits per heavy atom. The van der Waals surface area contributed by atoms with Gasteiger partial charge in [-0.25, -0.2) is 4.79 Å². The van der Waals surface area contributed by atoms with Crippen LogP contribution in [0.4, 0.5) is 0 Å². The van der Waals surface area contributed by atoms with E-state index in [1.807, 2.05) is 0 Å². The van der Waals surface area contributed by atoms with E-state index in [2.05, 4.69) is 6.58 Å². The Balaban J connectivity index is 1.89. The van der Waals surface area contributed by atoms with Gasteiger partial charge in [0.25, 0.3) is 0 Å². The average Bonchev–Trinajstić information content (AvgIpc) is 2.09. The van der Waals surface area contributed by atoms with Crippen molar-refractivity contribution in [1.82, 2.24) is 0 Å². The van der Waals surface area contributed by atoms with Gasteiger partial charge < -0.3 is 10.2 Å². The molecule has 2 N–H and O–H groups in total. The molecule has 5 nitrogen and oxygen atoms in total. The summed E-state index contributed by atoms with van der Waals surface area (Å²) in [6, 6.07) is 0. The van der Waals surface area contributed by atoms with Crippen molar-refractivity contribution in [2.75, 3.05) is 19.6 Å². The Morgan fingerprint density at radius 2 is 1.89 bits per heavy atom. The van der Waals surface area contributed by atoms with Crippen LogP contribution in [0, 0.1) is 5.92 Å². The third-order valence-corrected chi connectivity index (χ3v) is 4.38. The van der Waals surface area contributed by atoms with E-state index in [9.17, 15) is 15.0 Å². The maximum absolute atomic E-state index is 11.7. The van der Waals surface area contributed by atoms with Gasteiger partial charge in [-0.1, -0.05) is 6.58 Å². The van der Waals surface area contributed by atoms with E-state index in [4.69, 9.17) is 4.84 Å². The van der Waals surface area contributed by atoms with Crippen LogP contribution in [0.25, 0.3) is 0 Å². The molecule has 18 heavy (non-hydrogen) atoms. The van der Waals surface area contributed by atoms with Crippen molar-refractivity contribution in [3.8, 4) is 0 Å². The smallest absolute Gasteiger partial charge is 0.384 e. The van der Waals surface area contributed by atoms with E-state index in [0.29, 0.717) is 44.5 Å². The van der Waals surface area contributed by atoms with E-state index in [-0.39, 0.29) is 10.6 Å². The topological polar surface area (TPSA) is 66.8 Å². The number of piperidine rings is 3. The number of hydrogen-bond acceptors (Lipinski definition) is 4. The van der Waals surface area contributed by atoms with Gasteiger partial charge >= 0.3 is 5.97 Å². The maximum Gasteiger partial charge on any atom is 0.392 e. The standard InChI is InChI=1S/C13H20NO4/c1-9(2)11(15)18-14-5-10-3-12(16,7-14)6-13(17,4-10)8-14/h10,16-17H,1,3-8H2,2H3/q+1. The summed E-state index contributed by atoms with van der Waals surface area (Å²) in [5, 5.41) is 21.0. The van der Waals surface area contributed by atoms with Gasteiger partial charge in [-0.15, -0.1) is 4.65 Å². The Bertz CT molecular complexity index is 415. The number of carbonyl (C=O) groups excluding carboxylic acids is 1. The zero-order valence-corrected chi connectivity index (χ0v) is 10.7. The fourth-order valence-electron chi connectivity index (χ4n) is 4.36. The Morgan fingerprint density at radius 3 is 2.33 bits per heavy atom. The second-order valence-corrected chi connectivity index (χ2v) is 6.62. The van der Waals surface area contributed by atoms with Gasteiger partial charge in [0.05, 0.1) is 0 Å². The number of nitrogens with zero attached hydrogens (tertiary/aromatic N) is 1. The normalized spacial score (nSPS) is 49.2. The van der Waals surface area contributed by atoms with Crippen LogP contribution < -0.4 is 0 Å². The third kappa shape index (κ3) is 1.77. The SMILES string of the molecule is C=C(C)C(=O)O[N+]12CC3CC(O)(CC(O)(C3)C1)C2. The highest BCUT2D eigenvalue weighted by Gasteiger charge is 2.66. The first-order valence-electron chi connectivity index (χ1n) is 6.44. The molecule has 1 aliphatic carbocycles. The summed E-state index contributed by atoms with van der Waals surface area (Å²) in [6.07, 6.45) is 1.82. The van der Waals surface area contributed by atoms with E-state index in [1.165, 1.54) is 0 Å². The molecule has 0 spiro atoms. The van der Waals surface area contributed by atoms with Gasteiger partial charge in [-0.2, -0.15) is 0 Å². The van der Waals surface area contributed by atoms with Crippen molar-refractivity contribution < 1.29 is 24.5 Å². The van der Waals surface area contributed by atoms with Crippen molar-refractivity contribution in [2.24, 2.45) is 5.92 Å². The average molecular weight is 254 g/mol. The summed E-state index contributed by atoms with van der Waals surface area (Å²) in [4.78, 5) is 17.3. The van der Waals surface area contributed by atoms with Crippen LogP contribution in [-0.4, -0.2) is 51.7 Å². The van der Waals surface area contributed by atoms with Crippen LogP contribution in [0.5, 0.6) is 0 Å². The van der Waals surface area contributed by atoms with E-state index in [0.717, 1.165) is 0 Å². The Hall–Kier alpha value is -0.910. The molecule has 5 heteroatoms. The molecule has 100 valence electrons. The van der Waals surface area contributed by atoms with E-state index >= 15 is 0 Å². The van der Waals surface area contributed by atoms with Gasteiger partial charge in [0, 0.05) is 17.9 Å². The highest BCUT2D eigenvalue weighted by atomic mass is 16.7. The lowest BCUT2D eigenvalue weighted by atomic mass is 9.63. The Labute approximate surface area is 106 Å². The summed E-state index contributed by atoms with van der Waals surface area (Å²) < 4.78 is 0.0589. The molecule has 4 aliphatic rings. The fourth-order valence-corrected chi connectivity index (χ4v) is 4.36. The van der Waals surface area contributed by atoms with Gasteiger partial charge in [0.15, 0.2) is 0 Å². The quantitative estimate of drug-likeness (QED) is 0.543. The largest absolute Gasteiger partial charge is 0.392 e. The second kappa shape index (κ2) is 3.35. The van der Waals surface area contributed by atoms with Gasteiger partial charge in [0.1, 0.15) is 30.8 Å². The summed E-state index contributed by atoms with van der Waals surface area (Å²) in [6.45, 7) is 6.67. The summed E-state index contributed by atoms with van der Waals surface area (Å²) in [5.41, 5.74) is -1.42. The highest BCUT2D eigenvalue weighted by molar-refractivity contribution is 5.86. The van der Waals surface area contributed by atoms with Crippen LogP contribution in [0.1, 0.15) is 26.2 Å². The minimum atomic E-state index is -0.885. The van der Waals surface area contributed by atoms with E-state index in [1.54, 1.807) is 6.92 Å². The van der Waals surface area contributed by atoms with Crippen molar-refractivity contribution in [3.63, 3.8) is 0 Å². The molecule has 0 aromatic carbocycles. The zero-order chi connectivity index (χ0) is 13.2. The molecule has 4 rings (SSSR count). The fraction of sp³-hybridized carbons (Fsp3) is 0.769. The second-order valence-electron chi connectivity index (χ2n) is 6.62. The lowest BCUT2D eigenvalue weighted by Gasteiger charge is -2.60. The molecular weight excluding hydrogens is 234 g/mol.